The van der Waals surface area contributed by atoms with E-state index in [-0.39, 0.29) is 11.5 Å². The molecule has 0 fully saturated rings. The molecule has 0 atom stereocenters. The first kappa shape index (κ1) is 19.2. The van der Waals surface area contributed by atoms with Crippen LogP contribution in [0.5, 0.6) is 11.5 Å². The van der Waals surface area contributed by atoms with Gasteiger partial charge in [-0.05, 0) is 30.2 Å². The van der Waals surface area contributed by atoms with Gasteiger partial charge in [0, 0.05) is 11.6 Å². The highest BCUT2D eigenvalue weighted by Crippen LogP contribution is 2.27. The van der Waals surface area contributed by atoms with Crippen molar-refractivity contribution in [2.24, 2.45) is 5.10 Å². The number of aromatic nitrogens is 2. The standard InChI is InChI=1S/C21H22N4O3/c1-3-11-28-18-10-9-15(12-19(18)27-2)14-22-25-21-23-17(13-20(26)24-21)16-7-5-4-6-8-16/h4-10,12-14H,3,11H2,1-2H3,(H2,23,24,25,26)/b22-14+. The van der Waals surface area contributed by atoms with Crippen LogP contribution in [0, 0.1) is 0 Å². The van der Waals surface area contributed by atoms with Crippen LogP contribution in [-0.2, 0) is 0 Å². The fourth-order valence-corrected chi connectivity index (χ4v) is 2.53. The maximum Gasteiger partial charge on any atom is 0.252 e. The number of methoxy groups -OCH3 is 1. The second-order valence-electron chi connectivity index (χ2n) is 5.97. The quantitative estimate of drug-likeness (QED) is 0.461. The highest BCUT2D eigenvalue weighted by molar-refractivity contribution is 5.81. The Hall–Kier alpha value is -3.61. The Bertz CT molecular complexity index is 1000. The normalized spacial score (nSPS) is 10.8. The predicted octanol–water partition coefficient (Wildman–Crippen LogP) is 3.68. The lowest BCUT2D eigenvalue weighted by Gasteiger charge is -2.10. The van der Waals surface area contributed by atoms with Crippen LogP contribution in [0.4, 0.5) is 5.95 Å². The van der Waals surface area contributed by atoms with Crippen LogP contribution in [0.1, 0.15) is 18.9 Å². The number of anilines is 1. The number of rotatable bonds is 8. The molecule has 0 bridgehead atoms. The van der Waals surface area contributed by atoms with E-state index in [1.54, 1.807) is 13.3 Å². The number of aromatic amines is 1. The number of nitrogens with one attached hydrogen (secondary N) is 2. The molecule has 7 nitrogen and oxygen atoms in total. The van der Waals surface area contributed by atoms with Crippen molar-refractivity contribution in [1.29, 1.82) is 0 Å². The topological polar surface area (TPSA) is 88.6 Å². The third-order valence-electron chi connectivity index (χ3n) is 3.84. The van der Waals surface area contributed by atoms with Gasteiger partial charge in [0.15, 0.2) is 11.5 Å². The number of benzene rings is 2. The molecule has 0 saturated heterocycles. The fraction of sp³-hybridized carbons (Fsp3) is 0.190. The molecule has 0 radical (unpaired) electrons. The van der Waals surface area contributed by atoms with E-state index in [1.165, 1.54) is 6.07 Å². The molecule has 0 spiro atoms. The van der Waals surface area contributed by atoms with Crippen LogP contribution in [0.3, 0.4) is 0 Å². The monoisotopic (exact) mass is 378 g/mol. The minimum Gasteiger partial charge on any atom is -0.493 e. The fourth-order valence-electron chi connectivity index (χ4n) is 2.53. The minimum atomic E-state index is -0.259. The van der Waals surface area contributed by atoms with Crippen LogP contribution in [0.25, 0.3) is 11.3 Å². The Balaban J connectivity index is 1.74. The first-order valence-corrected chi connectivity index (χ1v) is 8.96. The molecule has 0 aliphatic rings. The zero-order valence-electron chi connectivity index (χ0n) is 15.8. The SMILES string of the molecule is CCCOc1ccc(/C=N/Nc2nc(-c3ccccc3)cc(=O)[nH]2)cc1OC. The van der Waals surface area contributed by atoms with Gasteiger partial charge in [-0.2, -0.15) is 5.10 Å². The number of ether oxygens (including phenoxy) is 2. The van der Waals surface area contributed by atoms with Crippen molar-refractivity contribution in [2.45, 2.75) is 13.3 Å². The van der Waals surface area contributed by atoms with E-state index in [9.17, 15) is 4.79 Å². The highest BCUT2D eigenvalue weighted by Gasteiger charge is 2.05. The van der Waals surface area contributed by atoms with Crippen LogP contribution in [-0.4, -0.2) is 29.9 Å². The van der Waals surface area contributed by atoms with Gasteiger partial charge in [-0.3, -0.25) is 9.78 Å². The van der Waals surface area contributed by atoms with Gasteiger partial charge in [-0.25, -0.2) is 10.4 Å². The lowest BCUT2D eigenvalue weighted by molar-refractivity contribution is 0.294. The van der Waals surface area contributed by atoms with Gasteiger partial charge in [0.05, 0.1) is 25.6 Å². The summed E-state index contributed by atoms with van der Waals surface area (Å²) in [7, 11) is 1.59. The maximum atomic E-state index is 11.9. The highest BCUT2D eigenvalue weighted by atomic mass is 16.5. The largest absolute Gasteiger partial charge is 0.493 e. The Kier molecular flexibility index (Phi) is 6.41. The van der Waals surface area contributed by atoms with Crippen molar-refractivity contribution < 1.29 is 9.47 Å². The number of hydrogen-bond donors (Lipinski definition) is 2. The van der Waals surface area contributed by atoms with E-state index in [1.807, 2.05) is 55.5 Å². The molecule has 0 aliphatic carbocycles. The van der Waals surface area contributed by atoms with Gasteiger partial charge < -0.3 is 9.47 Å². The van der Waals surface area contributed by atoms with Gasteiger partial charge in [0.1, 0.15) is 0 Å². The summed E-state index contributed by atoms with van der Waals surface area (Å²) in [6, 6.07) is 16.5. The van der Waals surface area contributed by atoms with Crippen LogP contribution in [0.15, 0.2) is 64.5 Å². The molecular weight excluding hydrogens is 356 g/mol. The molecule has 2 aromatic carbocycles. The molecule has 2 N–H and O–H groups in total. The Labute approximate surface area is 163 Å². The third-order valence-corrected chi connectivity index (χ3v) is 3.84. The van der Waals surface area contributed by atoms with E-state index in [0.717, 1.165) is 17.5 Å². The van der Waals surface area contributed by atoms with E-state index in [0.29, 0.717) is 23.8 Å². The van der Waals surface area contributed by atoms with Crippen LogP contribution < -0.4 is 20.5 Å². The van der Waals surface area contributed by atoms with E-state index in [4.69, 9.17) is 9.47 Å². The Morgan fingerprint density at radius 1 is 1.14 bits per heavy atom. The van der Waals surface area contributed by atoms with Crippen molar-refractivity contribution >= 4 is 12.2 Å². The average molecular weight is 378 g/mol. The molecule has 1 heterocycles. The second kappa shape index (κ2) is 9.36. The second-order valence-corrected chi connectivity index (χ2v) is 5.97. The zero-order valence-corrected chi connectivity index (χ0v) is 15.8. The van der Waals surface area contributed by atoms with E-state index < -0.39 is 0 Å². The lowest BCUT2D eigenvalue weighted by atomic mass is 10.1. The lowest BCUT2D eigenvalue weighted by Crippen LogP contribution is -2.10. The van der Waals surface area contributed by atoms with Crippen molar-refractivity contribution in [3.63, 3.8) is 0 Å². The Morgan fingerprint density at radius 2 is 1.96 bits per heavy atom. The zero-order chi connectivity index (χ0) is 19.8. The van der Waals surface area contributed by atoms with Crippen molar-refractivity contribution in [3.05, 3.63) is 70.5 Å². The smallest absolute Gasteiger partial charge is 0.252 e. The predicted molar refractivity (Wildman–Crippen MR) is 110 cm³/mol. The molecule has 28 heavy (non-hydrogen) atoms. The molecule has 0 unspecified atom stereocenters. The molecular formula is C21H22N4O3. The average Bonchev–Trinajstić information content (AvgIpc) is 2.73. The number of nitrogens with zero attached hydrogens (tertiary/aromatic N) is 2. The van der Waals surface area contributed by atoms with Crippen LogP contribution >= 0.6 is 0 Å². The van der Waals surface area contributed by atoms with E-state index >= 15 is 0 Å². The molecule has 0 amide bonds. The van der Waals surface area contributed by atoms with Gasteiger partial charge >= 0.3 is 0 Å². The minimum absolute atomic E-state index is 0.259. The van der Waals surface area contributed by atoms with Gasteiger partial charge in [-0.1, -0.05) is 37.3 Å². The number of hydrogen-bond acceptors (Lipinski definition) is 6. The summed E-state index contributed by atoms with van der Waals surface area (Å²) in [5.74, 6) is 1.59. The third kappa shape index (κ3) is 4.97. The molecule has 0 saturated carbocycles. The van der Waals surface area contributed by atoms with Crippen LogP contribution in [0.2, 0.25) is 0 Å². The van der Waals surface area contributed by atoms with Gasteiger partial charge in [-0.15, -0.1) is 0 Å². The molecule has 144 valence electrons. The summed E-state index contributed by atoms with van der Waals surface area (Å²) in [5.41, 5.74) is 4.74. The first-order valence-electron chi connectivity index (χ1n) is 8.96. The summed E-state index contributed by atoms with van der Waals surface area (Å²) < 4.78 is 11.0. The van der Waals surface area contributed by atoms with Crippen molar-refractivity contribution in [1.82, 2.24) is 9.97 Å². The van der Waals surface area contributed by atoms with Crippen molar-refractivity contribution in [3.8, 4) is 22.8 Å². The summed E-state index contributed by atoms with van der Waals surface area (Å²) in [5, 5.41) is 4.15. The van der Waals surface area contributed by atoms with Gasteiger partial charge in [0.2, 0.25) is 5.95 Å². The summed E-state index contributed by atoms with van der Waals surface area (Å²) in [6.45, 7) is 2.67. The van der Waals surface area contributed by atoms with Crippen molar-refractivity contribution in [2.75, 3.05) is 19.1 Å². The summed E-state index contributed by atoms with van der Waals surface area (Å²) in [4.78, 5) is 18.9. The maximum absolute atomic E-state index is 11.9. The molecule has 7 heteroatoms. The summed E-state index contributed by atoms with van der Waals surface area (Å²) >= 11 is 0. The molecule has 1 aromatic heterocycles. The van der Waals surface area contributed by atoms with E-state index in [2.05, 4.69) is 20.5 Å². The first-order chi connectivity index (χ1) is 13.7. The molecule has 3 rings (SSSR count). The molecule has 3 aromatic rings. The summed E-state index contributed by atoms with van der Waals surface area (Å²) in [6.07, 6.45) is 2.53. The number of hydrazone groups is 1. The van der Waals surface area contributed by atoms with Gasteiger partial charge in [0.25, 0.3) is 5.56 Å². The molecule has 0 aliphatic heterocycles. The Morgan fingerprint density at radius 3 is 2.71 bits per heavy atom. The number of H-pyrrole nitrogens is 1.